The molecule has 0 aromatic heterocycles. The quantitative estimate of drug-likeness (QED) is 0.729. The number of nitrogen functional groups attached to an aromatic ring is 1. The van der Waals surface area contributed by atoms with Gasteiger partial charge in [-0.25, -0.2) is 0 Å². The molecule has 0 saturated heterocycles. The third kappa shape index (κ3) is 1.98. The van der Waals surface area contributed by atoms with Gasteiger partial charge in [-0.05, 0) is 53.8 Å². The lowest BCUT2D eigenvalue weighted by Gasteiger charge is -2.18. The van der Waals surface area contributed by atoms with Crippen molar-refractivity contribution in [3.05, 3.63) is 48.0 Å². The van der Waals surface area contributed by atoms with Crippen LogP contribution in [0.5, 0.6) is 0 Å². The third-order valence-electron chi connectivity index (χ3n) is 3.26. The van der Waals surface area contributed by atoms with Crippen LogP contribution in [0.15, 0.2) is 42.5 Å². The van der Waals surface area contributed by atoms with E-state index in [4.69, 9.17) is 5.73 Å². The number of hydrogen-bond donors (Lipinski definition) is 2. The maximum Gasteiger partial charge on any atom is 0.0373 e. The SMILES string of the molecule is Nc1cccc(-c2ccc3c(c2)CCCN3)c1. The molecule has 0 aliphatic carbocycles. The molecule has 1 aliphatic rings. The molecule has 0 atom stereocenters. The van der Waals surface area contributed by atoms with E-state index in [0.29, 0.717) is 0 Å². The van der Waals surface area contributed by atoms with Crippen molar-refractivity contribution in [2.24, 2.45) is 0 Å². The highest BCUT2D eigenvalue weighted by atomic mass is 14.9. The number of hydrogen-bond acceptors (Lipinski definition) is 2. The van der Waals surface area contributed by atoms with Crippen molar-refractivity contribution in [3.8, 4) is 11.1 Å². The topological polar surface area (TPSA) is 38.0 Å². The van der Waals surface area contributed by atoms with E-state index in [9.17, 15) is 0 Å². The molecule has 2 heteroatoms. The van der Waals surface area contributed by atoms with E-state index < -0.39 is 0 Å². The van der Waals surface area contributed by atoms with Crippen LogP contribution in [0.4, 0.5) is 11.4 Å². The molecule has 0 fully saturated rings. The van der Waals surface area contributed by atoms with E-state index in [1.165, 1.54) is 35.2 Å². The molecule has 0 bridgehead atoms. The van der Waals surface area contributed by atoms with Gasteiger partial charge in [0, 0.05) is 17.9 Å². The number of nitrogens with two attached hydrogens (primary N) is 1. The normalized spacial score (nSPS) is 13.9. The molecule has 1 aliphatic heterocycles. The van der Waals surface area contributed by atoms with Crippen molar-refractivity contribution < 1.29 is 0 Å². The molecule has 17 heavy (non-hydrogen) atoms. The summed E-state index contributed by atoms with van der Waals surface area (Å²) in [6, 6.07) is 14.7. The van der Waals surface area contributed by atoms with Crippen LogP contribution in [0, 0.1) is 0 Å². The Hall–Kier alpha value is -1.96. The van der Waals surface area contributed by atoms with Crippen LogP contribution in [0.2, 0.25) is 0 Å². The van der Waals surface area contributed by atoms with Gasteiger partial charge < -0.3 is 11.1 Å². The molecule has 0 amide bonds. The van der Waals surface area contributed by atoms with Gasteiger partial charge in [0.1, 0.15) is 0 Å². The molecule has 0 unspecified atom stereocenters. The zero-order valence-electron chi connectivity index (χ0n) is 9.74. The molecule has 3 N–H and O–H groups in total. The van der Waals surface area contributed by atoms with Crippen LogP contribution < -0.4 is 11.1 Å². The van der Waals surface area contributed by atoms with Crippen molar-refractivity contribution in [1.82, 2.24) is 0 Å². The minimum Gasteiger partial charge on any atom is -0.399 e. The summed E-state index contributed by atoms with van der Waals surface area (Å²) < 4.78 is 0. The predicted octanol–water partition coefficient (Wildman–Crippen LogP) is 3.29. The van der Waals surface area contributed by atoms with Gasteiger partial charge in [0.15, 0.2) is 0 Å². The second-order valence-electron chi connectivity index (χ2n) is 4.53. The summed E-state index contributed by atoms with van der Waals surface area (Å²) in [6.45, 7) is 1.09. The average molecular weight is 224 g/mol. The van der Waals surface area contributed by atoms with Gasteiger partial charge in [-0.2, -0.15) is 0 Å². The molecule has 2 aromatic rings. The van der Waals surface area contributed by atoms with E-state index in [1.807, 2.05) is 18.2 Å². The molecule has 3 rings (SSSR count). The molecular formula is C15H16N2. The summed E-state index contributed by atoms with van der Waals surface area (Å²) in [5, 5.41) is 3.43. The minimum absolute atomic E-state index is 0.818. The largest absolute Gasteiger partial charge is 0.399 e. The maximum atomic E-state index is 5.82. The Bertz CT molecular complexity index is 546. The highest BCUT2D eigenvalue weighted by molar-refractivity contribution is 5.71. The lowest BCUT2D eigenvalue weighted by atomic mass is 9.97. The van der Waals surface area contributed by atoms with Crippen LogP contribution in [0.25, 0.3) is 11.1 Å². The van der Waals surface area contributed by atoms with Gasteiger partial charge in [-0.3, -0.25) is 0 Å². The van der Waals surface area contributed by atoms with E-state index >= 15 is 0 Å². The van der Waals surface area contributed by atoms with E-state index in [-0.39, 0.29) is 0 Å². The van der Waals surface area contributed by atoms with Gasteiger partial charge >= 0.3 is 0 Å². The molecule has 1 heterocycles. The first-order chi connectivity index (χ1) is 8.33. The van der Waals surface area contributed by atoms with Crippen molar-refractivity contribution in [1.29, 1.82) is 0 Å². The van der Waals surface area contributed by atoms with E-state index in [0.717, 1.165) is 12.2 Å². The average Bonchev–Trinajstić information content (AvgIpc) is 2.38. The monoisotopic (exact) mass is 224 g/mol. The van der Waals surface area contributed by atoms with Gasteiger partial charge in [0.05, 0.1) is 0 Å². The highest BCUT2D eigenvalue weighted by Gasteiger charge is 2.09. The van der Waals surface area contributed by atoms with Crippen molar-refractivity contribution in [2.75, 3.05) is 17.6 Å². The Labute approximate surface area is 101 Å². The van der Waals surface area contributed by atoms with Crippen LogP contribution >= 0.6 is 0 Å². The summed E-state index contributed by atoms with van der Waals surface area (Å²) in [5.74, 6) is 0. The fraction of sp³-hybridized carbons (Fsp3) is 0.200. The number of anilines is 2. The second kappa shape index (κ2) is 4.13. The Morgan fingerprint density at radius 1 is 1.00 bits per heavy atom. The number of aryl methyl sites for hydroxylation is 1. The standard InChI is InChI=1S/C15H16N2/c16-14-5-1-3-11(10-14)12-6-7-15-13(9-12)4-2-8-17-15/h1,3,5-7,9-10,17H,2,4,8,16H2. The fourth-order valence-corrected chi connectivity index (χ4v) is 2.37. The van der Waals surface area contributed by atoms with Gasteiger partial charge in [-0.15, -0.1) is 0 Å². The third-order valence-corrected chi connectivity index (χ3v) is 3.26. The lowest BCUT2D eigenvalue weighted by molar-refractivity contribution is 0.830. The first-order valence-corrected chi connectivity index (χ1v) is 6.06. The number of fused-ring (bicyclic) bond motifs is 1. The lowest BCUT2D eigenvalue weighted by Crippen LogP contribution is -2.11. The molecular weight excluding hydrogens is 208 g/mol. The summed E-state index contributed by atoms with van der Waals surface area (Å²) >= 11 is 0. The molecule has 0 spiro atoms. The Morgan fingerprint density at radius 2 is 1.88 bits per heavy atom. The van der Waals surface area contributed by atoms with E-state index in [2.05, 4.69) is 29.6 Å². The summed E-state index contributed by atoms with van der Waals surface area (Å²) in [5.41, 5.74) is 11.8. The van der Waals surface area contributed by atoms with Gasteiger partial charge in [0.25, 0.3) is 0 Å². The fourth-order valence-electron chi connectivity index (χ4n) is 2.37. The second-order valence-corrected chi connectivity index (χ2v) is 4.53. The predicted molar refractivity (Wildman–Crippen MR) is 73.1 cm³/mol. The maximum absolute atomic E-state index is 5.82. The van der Waals surface area contributed by atoms with E-state index in [1.54, 1.807) is 0 Å². The Balaban J connectivity index is 2.04. The summed E-state index contributed by atoms with van der Waals surface area (Å²) in [7, 11) is 0. The molecule has 0 saturated carbocycles. The van der Waals surface area contributed by atoms with Crippen molar-refractivity contribution >= 4 is 11.4 Å². The van der Waals surface area contributed by atoms with Crippen LogP contribution in [-0.2, 0) is 6.42 Å². The Kier molecular flexibility index (Phi) is 2.48. The van der Waals surface area contributed by atoms with Crippen LogP contribution in [0.1, 0.15) is 12.0 Å². The van der Waals surface area contributed by atoms with Crippen molar-refractivity contribution in [3.63, 3.8) is 0 Å². The zero-order chi connectivity index (χ0) is 11.7. The van der Waals surface area contributed by atoms with Crippen LogP contribution in [0.3, 0.4) is 0 Å². The summed E-state index contributed by atoms with van der Waals surface area (Å²) in [6.07, 6.45) is 2.38. The molecule has 86 valence electrons. The molecule has 2 aromatic carbocycles. The number of rotatable bonds is 1. The highest BCUT2D eigenvalue weighted by Crippen LogP contribution is 2.28. The van der Waals surface area contributed by atoms with Crippen LogP contribution in [-0.4, -0.2) is 6.54 Å². The first kappa shape index (κ1) is 10.2. The zero-order valence-corrected chi connectivity index (χ0v) is 9.74. The minimum atomic E-state index is 0.818. The van der Waals surface area contributed by atoms with Gasteiger partial charge in [0.2, 0.25) is 0 Å². The van der Waals surface area contributed by atoms with Gasteiger partial charge in [-0.1, -0.05) is 18.2 Å². The Morgan fingerprint density at radius 3 is 2.76 bits per heavy atom. The van der Waals surface area contributed by atoms with Crippen molar-refractivity contribution in [2.45, 2.75) is 12.8 Å². The molecule has 0 radical (unpaired) electrons. The number of benzene rings is 2. The number of nitrogens with one attached hydrogen (secondary N) is 1. The first-order valence-electron chi connectivity index (χ1n) is 6.06. The smallest absolute Gasteiger partial charge is 0.0373 e. The summed E-state index contributed by atoms with van der Waals surface area (Å²) in [4.78, 5) is 0. The molecule has 2 nitrogen and oxygen atoms in total.